The van der Waals surface area contributed by atoms with E-state index < -0.39 is 0 Å². The predicted molar refractivity (Wildman–Crippen MR) is 67.7 cm³/mol. The van der Waals surface area contributed by atoms with E-state index in [1.54, 1.807) is 12.3 Å². The minimum absolute atomic E-state index is 1.07. The summed E-state index contributed by atoms with van der Waals surface area (Å²) in [6.07, 6.45) is 12.6. The van der Waals surface area contributed by atoms with E-state index in [0.717, 1.165) is 12.1 Å². The number of pyridine rings is 1. The van der Waals surface area contributed by atoms with E-state index >= 15 is 0 Å². The number of rotatable bonds is 3. The first-order valence-electron chi connectivity index (χ1n) is 5.13. The first-order valence-corrected chi connectivity index (χ1v) is 5.13. The summed E-state index contributed by atoms with van der Waals surface area (Å²) in [7, 11) is 0. The van der Waals surface area contributed by atoms with Crippen LogP contribution in [0.4, 0.5) is 0 Å². The number of aryl methyl sites for hydroxylation is 1. The Balaban J connectivity index is 0.000000262. The molecule has 0 radical (unpaired) electrons. The highest BCUT2D eigenvalue weighted by atomic mass is 14.6. The van der Waals surface area contributed by atoms with Crippen molar-refractivity contribution in [3.8, 4) is 0 Å². The molecule has 1 aromatic rings. The van der Waals surface area contributed by atoms with Crippen LogP contribution in [0.1, 0.15) is 19.0 Å². The molecule has 0 aliphatic rings. The van der Waals surface area contributed by atoms with Crippen LogP contribution in [0.2, 0.25) is 0 Å². The summed E-state index contributed by atoms with van der Waals surface area (Å²) in [5.41, 5.74) is 1.07. The molecule has 1 aromatic heterocycles. The highest BCUT2D eigenvalue weighted by Crippen LogP contribution is 1.86. The minimum atomic E-state index is 1.07. The Morgan fingerprint density at radius 2 is 2.07 bits per heavy atom. The van der Waals surface area contributed by atoms with Gasteiger partial charge < -0.3 is 0 Å². The fourth-order valence-corrected chi connectivity index (χ4v) is 0.806. The largest absolute Gasteiger partial charge is 0.262 e. The molecule has 0 saturated heterocycles. The van der Waals surface area contributed by atoms with Crippen molar-refractivity contribution >= 4 is 0 Å². The van der Waals surface area contributed by atoms with Crippen LogP contribution >= 0.6 is 0 Å². The van der Waals surface area contributed by atoms with Crippen LogP contribution in [0.5, 0.6) is 0 Å². The van der Waals surface area contributed by atoms with Crippen LogP contribution in [0.15, 0.2) is 61.4 Å². The third-order valence-corrected chi connectivity index (χ3v) is 1.54. The van der Waals surface area contributed by atoms with Gasteiger partial charge in [-0.3, -0.25) is 4.98 Å². The maximum Gasteiger partial charge on any atom is 0.0372 e. The second-order valence-electron chi connectivity index (χ2n) is 2.93. The molecule has 0 spiro atoms. The van der Waals surface area contributed by atoms with Gasteiger partial charge in [-0.15, -0.1) is 0 Å². The molecular weight excluding hydrogens is 182 g/mol. The highest BCUT2D eigenvalue weighted by Gasteiger charge is 1.73. The summed E-state index contributed by atoms with van der Waals surface area (Å²) < 4.78 is 0. The lowest BCUT2D eigenvalue weighted by Gasteiger charge is -1.82. The molecule has 1 heterocycles. The lowest BCUT2D eigenvalue weighted by Crippen LogP contribution is -1.72. The van der Waals surface area contributed by atoms with Gasteiger partial charge in [-0.1, -0.05) is 49.9 Å². The lowest BCUT2D eigenvalue weighted by molar-refractivity contribution is 1.20. The lowest BCUT2D eigenvalue weighted by atomic mass is 10.4. The molecule has 0 saturated carbocycles. The summed E-state index contributed by atoms with van der Waals surface area (Å²) in [4.78, 5) is 3.98. The van der Waals surface area contributed by atoms with Crippen LogP contribution in [-0.4, -0.2) is 4.98 Å². The van der Waals surface area contributed by atoms with Crippen molar-refractivity contribution in [2.75, 3.05) is 0 Å². The Labute approximate surface area is 92.9 Å². The van der Waals surface area contributed by atoms with Crippen molar-refractivity contribution in [2.45, 2.75) is 20.3 Å². The van der Waals surface area contributed by atoms with E-state index in [1.165, 1.54) is 0 Å². The molecule has 0 aliphatic heterocycles. The summed E-state index contributed by atoms with van der Waals surface area (Å²) >= 11 is 0. The zero-order valence-corrected chi connectivity index (χ0v) is 9.56. The molecule has 1 heteroatoms. The molecule has 0 amide bonds. The third-order valence-electron chi connectivity index (χ3n) is 1.54. The van der Waals surface area contributed by atoms with Crippen LogP contribution in [0, 0.1) is 6.92 Å². The van der Waals surface area contributed by atoms with Crippen molar-refractivity contribution in [3.63, 3.8) is 0 Å². The molecule has 0 aromatic carbocycles. The number of aromatic nitrogens is 1. The molecule has 0 bridgehead atoms. The van der Waals surface area contributed by atoms with Crippen LogP contribution in [0.3, 0.4) is 0 Å². The van der Waals surface area contributed by atoms with Gasteiger partial charge in [0.25, 0.3) is 0 Å². The first-order chi connectivity index (χ1) is 7.31. The predicted octanol–water partition coefficient (Wildman–Crippen LogP) is 4.08. The molecule has 0 unspecified atom stereocenters. The van der Waals surface area contributed by atoms with Gasteiger partial charge in [-0.25, -0.2) is 0 Å². The Hall–Kier alpha value is -1.63. The number of nitrogens with zero attached hydrogens (tertiary/aromatic N) is 1. The molecular formula is C14H19N. The quantitative estimate of drug-likeness (QED) is 0.671. The van der Waals surface area contributed by atoms with Gasteiger partial charge in [0.05, 0.1) is 0 Å². The summed E-state index contributed by atoms with van der Waals surface area (Å²) in [6.45, 7) is 7.62. The van der Waals surface area contributed by atoms with Gasteiger partial charge in [0, 0.05) is 11.9 Å². The van der Waals surface area contributed by atoms with Gasteiger partial charge >= 0.3 is 0 Å². The van der Waals surface area contributed by atoms with E-state index in [-0.39, 0.29) is 0 Å². The maximum atomic E-state index is 3.98. The Kier molecular flexibility index (Phi) is 9.32. The summed E-state index contributed by atoms with van der Waals surface area (Å²) in [6, 6.07) is 5.86. The fourth-order valence-electron chi connectivity index (χ4n) is 0.806. The van der Waals surface area contributed by atoms with Crippen molar-refractivity contribution in [1.82, 2.24) is 4.98 Å². The zero-order valence-electron chi connectivity index (χ0n) is 9.56. The number of hydrogen-bond acceptors (Lipinski definition) is 1. The zero-order chi connectivity index (χ0) is 11.4. The van der Waals surface area contributed by atoms with E-state index in [4.69, 9.17) is 0 Å². The minimum Gasteiger partial charge on any atom is -0.262 e. The second kappa shape index (κ2) is 10.5. The summed E-state index contributed by atoms with van der Waals surface area (Å²) in [5.74, 6) is 0. The van der Waals surface area contributed by atoms with Gasteiger partial charge in [-0.05, 0) is 25.5 Å². The molecule has 0 N–H and O–H groups in total. The average Bonchev–Trinajstić information content (AvgIpc) is 2.27. The molecule has 0 aliphatic carbocycles. The van der Waals surface area contributed by atoms with Crippen molar-refractivity contribution in [3.05, 3.63) is 67.0 Å². The monoisotopic (exact) mass is 201 g/mol. The number of allylic oxidation sites excluding steroid dienone is 5. The molecule has 1 rings (SSSR count). The van der Waals surface area contributed by atoms with Crippen LogP contribution < -0.4 is 0 Å². The fraction of sp³-hybridized carbons (Fsp3) is 0.214. The maximum absolute atomic E-state index is 3.98. The van der Waals surface area contributed by atoms with Gasteiger partial charge in [-0.2, -0.15) is 0 Å². The molecule has 15 heavy (non-hydrogen) atoms. The smallest absolute Gasteiger partial charge is 0.0372 e. The average molecular weight is 201 g/mol. The van der Waals surface area contributed by atoms with Crippen LogP contribution in [-0.2, 0) is 0 Å². The van der Waals surface area contributed by atoms with E-state index in [9.17, 15) is 0 Å². The molecule has 80 valence electrons. The Morgan fingerprint density at radius 1 is 1.27 bits per heavy atom. The topological polar surface area (TPSA) is 12.9 Å². The molecule has 1 nitrogen and oxygen atoms in total. The highest BCUT2D eigenvalue weighted by molar-refractivity contribution is 5.08. The number of hydrogen-bond donors (Lipinski definition) is 0. The third kappa shape index (κ3) is 10.3. The van der Waals surface area contributed by atoms with Crippen molar-refractivity contribution in [2.24, 2.45) is 0 Å². The Morgan fingerprint density at radius 3 is 2.47 bits per heavy atom. The Bertz CT molecular complexity index is 296. The van der Waals surface area contributed by atoms with Gasteiger partial charge in [0.1, 0.15) is 0 Å². The van der Waals surface area contributed by atoms with E-state index in [0.29, 0.717) is 0 Å². The molecule has 0 atom stereocenters. The van der Waals surface area contributed by atoms with Crippen LogP contribution in [0.25, 0.3) is 0 Å². The first kappa shape index (κ1) is 13.4. The van der Waals surface area contributed by atoms with E-state index in [2.05, 4.69) is 24.6 Å². The van der Waals surface area contributed by atoms with Crippen molar-refractivity contribution in [1.29, 1.82) is 0 Å². The van der Waals surface area contributed by atoms with E-state index in [1.807, 2.05) is 43.4 Å². The second-order valence-corrected chi connectivity index (χ2v) is 2.93. The van der Waals surface area contributed by atoms with Gasteiger partial charge in [0.15, 0.2) is 0 Å². The normalized spacial score (nSPS) is 10.0. The standard InChI is InChI=1S/C8H12.C6H7N/c1-3-5-7-8-6-4-2;1-6-4-2-3-5-7-6/h3,5-8H,1,4H2,2H3;2-5H,1H3/b7-5-,8-6-;. The molecule has 0 fully saturated rings. The van der Waals surface area contributed by atoms with Gasteiger partial charge in [0.2, 0.25) is 0 Å². The van der Waals surface area contributed by atoms with Crippen molar-refractivity contribution < 1.29 is 0 Å². The SMILES string of the molecule is C=C/C=C\C=C/CC.Cc1ccccn1. The summed E-state index contributed by atoms with van der Waals surface area (Å²) in [5, 5.41) is 0.